The van der Waals surface area contributed by atoms with Gasteiger partial charge in [0, 0.05) is 36.3 Å². The minimum Gasteiger partial charge on any atom is -0.480 e. The second-order valence-corrected chi connectivity index (χ2v) is 6.41. The van der Waals surface area contributed by atoms with E-state index >= 15 is 0 Å². The van der Waals surface area contributed by atoms with Crippen molar-refractivity contribution in [3.63, 3.8) is 0 Å². The summed E-state index contributed by atoms with van der Waals surface area (Å²) in [5, 5.41) is 9.54. The van der Waals surface area contributed by atoms with Crippen molar-refractivity contribution in [3.8, 4) is 11.4 Å². The summed E-state index contributed by atoms with van der Waals surface area (Å²) in [6.45, 7) is 4.86. The molecule has 6 nitrogen and oxygen atoms in total. The molecule has 0 radical (unpaired) electrons. The zero-order valence-corrected chi connectivity index (χ0v) is 14.0. The molecule has 1 aliphatic heterocycles. The molecule has 126 valence electrons. The molecule has 24 heavy (non-hydrogen) atoms. The smallest absolute Gasteiger partial charge is 0.326 e. The number of carboxylic acids is 1. The molecule has 0 saturated carbocycles. The predicted molar refractivity (Wildman–Crippen MR) is 92.0 cm³/mol. The zero-order valence-electron chi connectivity index (χ0n) is 14.0. The van der Waals surface area contributed by atoms with Crippen LogP contribution in [0.1, 0.15) is 44.7 Å². The van der Waals surface area contributed by atoms with Crippen LogP contribution in [0.4, 0.5) is 5.82 Å². The largest absolute Gasteiger partial charge is 0.480 e. The second-order valence-electron chi connectivity index (χ2n) is 6.41. The molecule has 0 aromatic carbocycles. The van der Waals surface area contributed by atoms with Crippen LogP contribution in [-0.2, 0) is 4.79 Å². The van der Waals surface area contributed by atoms with E-state index in [1.54, 1.807) is 12.4 Å². The monoisotopic (exact) mass is 326 g/mol. The van der Waals surface area contributed by atoms with Crippen LogP contribution in [0.25, 0.3) is 11.4 Å². The minimum absolute atomic E-state index is 0.236. The maximum Gasteiger partial charge on any atom is 0.326 e. The molecular weight excluding hydrogens is 304 g/mol. The van der Waals surface area contributed by atoms with E-state index < -0.39 is 12.0 Å². The molecule has 1 saturated heterocycles. The van der Waals surface area contributed by atoms with Crippen molar-refractivity contribution in [1.82, 2.24) is 15.0 Å². The molecule has 3 rings (SSSR count). The van der Waals surface area contributed by atoms with Gasteiger partial charge in [-0.2, -0.15) is 0 Å². The third-order valence-electron chi connectivity index (χ3n) is 4.34. The molecule has 1 atom stereocenters. The van der Waals surface area contributed by atoms with Crippen LogP contribution >= 0.6 is 0 Å². The maximum atomic E-state index is 11.6. The number of hydrogen-bond acceptors (Lipinski definition) is 5. The van der Waals surface area contributed by atoms with Crippen LogP contribution in [0.2, 0.25) is 0 Å². The summed E-state index contributed by atoms with van der Waals surface area (Å²) in [5.41, 5.74) is 1.80. The first-order chi connectivity index (χ1) is 11.6. The minimum atomic E-state index is -0.787. The lowest BCUT2D eigenvalue weighted by atomic mass is 10.0. The van der Waals surface area contributed by atoms with Crippen molar-refractivity contribution in [2.75, 3.05) is 11.4 Å². The molecular formula is C18H22N4O2. The third-order valence-corrected chi connectivity index (χ3v) is 4.34. The number of hydrogen-bond donors (Lipinski definition) is 1. The fourth-order valence-electron chi connectivity index (χ4n) is 2.99. The summed E-state index contributed by atoms with van der Waals surface area (Å²) >= 11 is 0. The SMILES string of the molecule is CC(C)c1cc(N2CCCCC2C(=O)O)nc(-c2ccncc2)n1. The van der Waals surface area contributed by atoms with Crippen LogP contribution in [-0.4, -0.2) is 38.6 Å². The maximum absolute atomic E-state index is 11.6. The Hall–Kier alpha value is -2.50. The lowest BCUT2D eigenvalue weighted by Gasteiger charge is -2.34. The lowest BCUT2D eigenvalue weighted by Crippen LogP contribution is -2.45. The lowest BCUT2D eigenvalue weighted by molar-refractivity contribution is -0.139. The van der Waals surface area contributed by atoms with Gasteiger partial charge in [0.15, 0.2) is 5.82 Å². The Labute approximate surface area is 141 Å². The number of pyridine rings is 1. The zero-order chi connectivity index (χ0) is 17.1. The van der Waals surface area contributed by atoms with Crippen LogP contribution in [0.5, 0.6) is 0 Å². The van der Waals surface area contributed by atoms with Gasteiger partial charge in [-0.15, -0.1) is 0 Å². The molecule has 3 heterocycles. The standard InChI is InChI=1S/C18H22N4O2/c1-12(2)14-11-16(22-10-4-3-5-15(22)18(23)24)21-17(20-14)13-6-8-19-9-7-13/h6-9,11-12,15H,3-5,10H2,1-2H3,(H,23,24). The summed E-state index contributed by atoms with van der Waals surface area (Å²) in [6.07, 6.45) is 5.99. The highest BCUT2D eigenvalue weighted by atomic mass is 16.4. The quantitative estimate of drug-likeness (QED) is 0.930. The fourth-order valence-corrected chi connectivity index (χ4v) is 2.99. The number of rotatable bonds is 4. The van der Waals surface area contributed by atoms with E-state index in [0.717, 1.165) is 24.1 Å². The summed E-state index contributed by atoms with van der Waals surface area (Å²) in [7, 11) is 0. The van der Waals surface area contributed by atoms with E-state index in [9.17, 15) is 9.90 Å². The van der Waals surface area contributed by atoms with E-state index in [1.807, 2.05) is 23.1 Å². The number of carboxylic acid groups (broad SMARTS) is 1. The van der Waals surface area contributed by atoms with E-state index in [1.165, 1.54) is 0 Å². The first-order valence-electron chi connectivity index (χ1n) is 8.35. The van der Waals surface area contributed by atoms with Crippen molar-refractivity contribution in [2.45, 2.75) is 45.1 Å². The van der Waals surface area contributed by atoms with E-state index in [2.05, 4.69) is 28.8 Å². The average molecular weight is 326 g/mol. The number of nitrogens with zero attached hydrogens (tertiary/aromatic N) is 4. The van der Waals surface area contributed by atoms with Crippen molar-refractivity contribution in [2.24, 2.45) is 0 Å². The van der Waals surface area contributed by atoms with Gasteiger partial charge >= 0.3 is 5.97 Å². The highest BCUT2D eigenvalue weighted by Crippen LogP contribution is 2.28. The Morgan fingerprint density at radius 3 is 2.67 bits per heavy atom. The van der Waals surface area contributed by atoms with Crippen LogP contribution in [0.3, 0.4) is 0 Å². The number of anilines is 1. The molecule has 2 aromatic rings. The Balaban J connectivity index is 2.06. The molecule has 1 aliphatic rings. The third kappa shape index (κ3) is 3.37. The number of piperidine rings is 1. The number of aromatic nitrogens is 3. The first-order valence-corrected chi connectivity index (χ1v) is 8.35. The first kappa shape index (κ1) is 16.4. The van der Waals surface area contributed by atoms with E-state index in [0.29, 0.717) is 24.6 Å². The topological polar surface area (TPSA) is 79.2 Å². The highest BCUT2D eigenvalue weighted by molar-refractivity contribution is 5.78. The van der Waals surface area contributed by atoms with E-state index in [4.69, 9.17) is 0 Å². The summed E-state index contributed by atoms with van der Waals surface area (Å²) in [4.78, 5) is 26.9. The molecule has 1 N–H and O–H groups in total. The van der Waals surface area contributed by atoms with Crippen LogP contribution < -0.4 is 4.90 Å². The molecule has 1 fully saturated rings. The van der Waals surface area contributed by atoms with Gasteiger partial charge in [-0.05, 0) is 37.3 Å². The van der Waals surface area contributed by atoms with E-state index in [-0.39, 0.29) is 5.92 Å². The fraction of sp³-hybridized carbons (Fsp3) is 0.444. The van der Waals surface area contributed by atoms with Gasteiger partial charge in [-0.25, -0.2) is 14.8 Å². The van der Waals surface area contributed by atoms with Crippen molar-refractivity contribution >= 4 is 11.8 Å². The van der Waals surface area contributed by atoms with Gasteiger partial charge < -0.3 is 10.0 Å². The number of carbonyl (C=O) groups is 1. The normalized spacial score (nSPS) is 18.0. The van der Waals surface area contributed by atoms with Crippen molar-refractivity contribution < 1.29 is 9.90 Å². The Bertz CT molecular complexity index is 718. The summed E-state index contributed by atoms with van der Waals surface area (Å²) in [5.74, 6) is 0.770. The Morgan fingerprint density at radius 2 is 2.00 bits per heavy atom. The van der Waals surface area contributed by atoms with Gasteiger partial charge in [-0.1, -0.05) is 13.8 Å². The second kappa shape index (κ2) is 6.95. The molecule has 0 aliphatic carbocycles. The molecule has 1 unspecified atom stereocenters. The molecule has 6 heteroatoms. The predicted octanol–water partition coefficient (Wildman–Crippen LogP) is 3.11. The van der Waals surface area contributed by atoms with Gasteiger partial charge in [0.25, 0.3) is 0 Å². The molecule has 0 bridgehead atoms. The Morgan fingerprint density at radius 1 is 1.25 bits per heavy atom. The average Bonchev–Trinajstić information content (AvgIpc) is 2.62. The molecule has 2 aromatic heterocycles. The van der Waals surface area contributed by atoms with Crippen molar-refractivity contribution in [3.05, 3.63) is 36.3 Å². The van der Waals surface area contributed by atoms with Crippen LogP contribution in [0, 0.1) is 0 Å². The van der Waals surface area contributed by atoms with Gasteiger partial charge in [0.1, 0.15) is 11.9 Å². The van der Waals surface area contributed by atoms with Gasteiger partial charge in [0.2, 0.25) is 0 Å². The summed E-state index contributed by atoms with van der Waals surface area (Å²) in [6, 6.07) is 5.15. The highest BCUT2D eigenvalue weighted by Gasteiger charge is 2.30. The van der Waals surface area contributed by atoms with Gasteiger partial charge in [0.05, 0.1) is 0 Å². The van der Waals surface area contributed by atoms with Gasteiger partial charge in [-0.3, -0.25) is 4.98 Å². The van der Waals surface area contributed by atoms with Crippen LogP contribution in [0.15, 0.2) is 30.6 Å². The number of aliphatic carboxylic acids is 1. The molecule has 0 amide bonds. The Kier molecular flexibility index (Phi) is 4.74. The summed E-state index contributed by atoms with van der Waals surface area (Å²) < 4.78 is 0. The van der Waals surface area contributed by atoms with Crippen molar-refractivity contribution in [1.29, 1.82) is 0 Å². The molecule has 0 spiro atoms.